The predicted octanol–water partition coefficient (Wildman–Crippen LogP) is 4.26. The highest BCUT2D eigenvalue weighted by Gasteiger charge is 2.43. The fraction of sp³-hybridized carbons (Fsp3) is 0.0833. The number of phenols is 1. The molecule has 1 unspecified atom stereocenters. The summed E-state index contributed by atoms with van der Waals surface area (Å²) in [6.45, 7) is 0. The van der Waals surface area contributed by atoms with Crippen LogP contribution in [0.5, 0.6) is 11.5 Å². The Bertz CT molecular complexity index is 1340. The fourth-order valence-corrected chi connectivity index (χ4v) is 3.95. The van der Waals surface area contributed by atoms with Crippen LogP contribution in [0, 0.1) is 0 Å². The van der Waals surface area contributed by atoms with E-state index in [1.54, 1.807) is 53.4 Å². The van der Waals surface area contributed by atoms with E-state index in [1.807, 2.05) is 18.2 Å². The molecular formula is C24H17NO5. The van der Waals surface area contributed by atoms with Crippen molar-refractivity contribution in [3.8, 4) is 11.5 Å². The second-order valence-corrected chi connectivity index (χ2v) is 7.01. The molecule has 1 atom stereocenters. The van der Waals surface area contributed by atoms with Crippen LogP contribution in [-0.2, 0) is 0 Å². The van der Waals surface area contributed by atoms with Gasteiger partial charge in [0.05, 0.1) is 24.1 Å². The van der Waals surface area contributed by atoms with Crippen LogP contribution in [0.25, 0.3) is 11.0 Å². The number of benzene rings is 3. The van der Waals surface area contributed by atoms with Crippen molar-refractivity contribution in [1.29, 1.82) is 0 Å². The number of carbonyl (C=O) groups is 1. The molecule has 6 nitrogen and oxygen atoms in total. The number of aromatic hydroxyl groups is 1. The fourth-order valence-electron chi connectivity index (χ4n) is 3.95. The molecule has 148 valence electrons. The monoisotopic (exact) mass is 399 g/mol. The Morgan fingerprint density at radius 3 is 2.47 bits per heavy atom. The van der Waals surface area contributed by atoms with Gasteiger partial charge < -0.3 is 14.3 Å². The van der Waals surface area contributed by atoms with E-state index in [-0.39, 0.29) is 28.3 Å². The number of ether oxygens (including phenoxy) is 1. The number of nitrogens with zero attached hydrogens (tertiary/aromatic N) is 1. The van der Waals surface area contributed by atoms with Gasteiger partial charge in [-0.25, -0.2) is 0 Å². The lowest BCUT2D eigenvalue weighted by molar-refractivity contribution is 0.0971. The van der Waals surface area contributed by atoms with Gasteiger partial charge in [0, 0.05) is 5.69 Å². The Labute approximate surface area is 171 Å². The molecule has 4 aromatic rings. The minimum Gasteiger partial charge on any atom is -0.504 e. The van der Waals surface area contributed by atoms with Gasteiger partial charge in [0.15, 0.2) is 16.9 Å². The molecule has 0 saturated carbocycles. The van der Waals surface area contributed by atoms with Crippen molar-refractivity contribution >= 4 is 22.6 Å². The number of methoxy groups -OCH3 is 1. The summed E-state index contributed by atoms with van der Waals surface area (Å²) in [6, 6.07) is 20.1. The zero-order valence-electron chi connectivity index (χ0n) is 16.0. The van der Waals surface area contributed by atoms with E-state index < -0.39 is 11.9 Å². The summed E-state index contributed by atoms with van der Waals surface area (Å²) in [5, 5.41) is 10.4. The van der Waals surface area contributed by atoms with Gasteiger partial charge >= 0.3 is 0 Å². The summed E-state index contributed by atoms with van der Waals surface area (Å²) in [7, 11) is 1.45. The van der Waals surface area contributed by atoms with E-state index in [2.05, 4.69) is 0 Å². The smallest absolute Gasteiger partial charge is 0.295 e. The third-order valence-corrected chi connectivity index (χ3v) is 5.33. The van der Waals surface area contributed by atoms with Gasteiger partial charge in [-0.1, -0.05) is 36.4 Å². The number of phenolic OH excluding ortho intramolecular Hbond substituents is 1. The zero-order valence-corrected chi connectivity index (χ0v) is 16.0. The van der Waals surface area contributed by atoms with E-state index in [0.29, 0.717) is 22.2 Å². The summed E-state index contributed by atoms with van der Waals surface area (Å²) in [6.07, 6.45) is 0. The van der Waals surface area contributed by atoms with E-state index in [0.717, 1.165) is 0 Å². The molecule has 1 aromatic heterocycles. The predicted molar refractivity (Wildman–Crippen MR) is 112 cm³/mol. The number of para-hydroxylation sites is 2. The molecule has 3 aromatic carbocycles. The molecule has 0 aliphatic carbocycles. The van der Waals surface area contributed by atoms with Crippen molar-refractivity contribution in [1.82, 2.24) is 0 Å². The molecule has 0 saturated heterocycles. The maximum atomic E-state index is 13.4. The van der Waals surface area contributed by atoms with Crippen molar-refractivity contribution in [3.63, 3.8) is 0 Å². The van der Waals surface area contributed by atoms with Crippen LogP contribution in [0.1, 0.15) is 27.7 Å². The maximum absolute atomic E-state index is 13.4. The van der Waals surface area contributed by atoms with Crippen LogP contribution < -0.4 is 15.1 Å². The van der Waals surface area contributed by atoms with E-state index >= 15 is 0 Å². The maximum Gasteiger partial charge on any atom is 0.295 e. The Hall–Kier alpha value is -4.06. The number of rotatable bonds is 3. The van der Waals surface area contributed by atoms with Crippen LogP contribution in [-0.4, -0.2) is 18.1 Å². The van der Waals surface area contributed by atoms with Crippen molar-refractivity contribution in [2.24, 2.45) is 0 Å². The number of hydrogen-bond donors (Lipinski definition) is 1. The van der Waals surface area contributed by atoms with Gasteiger partial charge in [0.1, 0.15) is 5.58 Å². The molecule has 0 fully saturated rings. The molecule has 0 spiro atoms. The van der Waals surface area contributed by atoms with Crippen molar-refractivity contribution in [2.75, 3.05) is 12.0 Å². The first-order valence-electron chi connectivity index (χ1n) is 9.41. The number of anilines is 1. The van der Waals surface area contributed by atoms with Crippen LogP contribution in [0.15, 0.2) is 82.0 Å². The van der Waals surface area contributed by atoms with Crippen molar-refractivity contribution in [2.45, 2.75) is 6.04 Å². The summed E-state index contributed by atoms with van der Waals surface area (Å²) in [5.41, 5.74) is 1.65. The summed E-state index contributed by atoms with van der Waals surface area (Å²) in [5.74, 6) is -0.134. The highest BCUT2D eigenvalue weighted by Crippen LogP contribution is 2.42. The molecule has 0 radical (unpaired) electrons. The minimum atomic E-state index is -0.717. The second-order valence-electron chi connectivity index (χ2n) is 7.01. The SMILES string of the molecule is COc1cc(C2c3c(oc4ccccc4c3=O)C(=O)N2c2ccccc2)ccc1O. The Kier molecular flexibility index (Phi) is 4.06. The van der Waals surface area contributed by atoms with E-state index in [4.69, 9.17) is 9.15 Å². The number of amides is 1. The normalized spacial score (nSPS) is 15.4. The summed E-state index contributed by atoms with van der Waals surface area (Å²) >= 11 is 0. The lowest BCUT2D eigenvalue weighted by Gasteiger charge is -2.25. The Morgan fingerprint density at radius 2 is 1.70 bits per heavy atom. The molecule has 1 amide bonds. The first kappa shape index (κ1) is 18.0. The van der Waals surface area contributed by atoms with Crippen molar-refractivity contribution in [3.05, 3.63) is 99.9 Å². The average Bonchev–Trinajstić information content (AvgIpc) is 3.07. The van der Waals surface area contributed by atoms with Crippen molar-refractivity contribution < 1.29 is 19.1 Å². The van der Waals surface area contributed by atoms with Gasteiger partial charge in [0.2, 0.25) is 5.76 Å². The zero-order chi connectivity index (χ0) is 20.8. The molecule has 1 aliphatic rings. The molecule has 2 heterocycles. The number of carbonyl (C=O) groups excluding carboxylic acids is 1. The highest BCUT2D eigenvalue weighted by atomic mass is 16.5. The third kappa shape index (κ3) is 2.58. The van der Waals surface area contributed by atoms with Crippen LogP contribution in [0.4, 0.5) is 5.69 Å². The average molecular weight is 399 g/mol. The van der Waals surface area contributed by atoms with E-state index in [9.17, 15) is 14.7 Å². The largest absolute Gasteiger partial charge is 0.504 e. The topological polar surface area (TPSA) is 80.0 Å². The molecule has 1 N–H and O–H groups in total. The lowest BCUT2D eigenvalue weighted by atomic mass is 9.97. The van der Waals surface area contributed by atoms with Gasteiger partial charge in [-0.2, -0.15) is 0 Å². The van der Waals surface area contributed by atoms with Gasteiger partial charge in [-0.15, -0.1) is 0 Å². The quantitative estimate of drug-likeness (QED) is 0.557. The van der Waals surface area contributed by atoms with Crippen LogP contribution in [0.2, 0.25) is 0 Å². The molecule has 6 heteroatoms. The molecule has 5 rings (SSSR count). The summed E-state index contributed by atoms with van der Waals surface area (Å²) < 4.78 is 11.2. The molecule has 30 heavy (non-hydrogen) atoms. The van der Waals surface area contributed by atoms with Gasteiger partial charge in [0.25, 0.3) is 5.91 Å². The minimum absolute atomic E-state index is 0.0254. The first-order chi connectivity index (χ1) is 14.6. The number of hydrogen-bond acceptors (Lipinski definition) is 5. The van der Waals surface area contributed by atoms with Gasteiger partial charge in [-0.05, 0) is 42.0 Å². The second kappa shape index (κ2) is 6.77. The Balaban J connectivity index is 1.83. The molecule has 0 bridgehead atoms. The van der Waals surface area contributed by atoms with Crippen LogP contribution in [0.3, 0.4) is 0 Å². The summed E-state index contributed by atoms with van der Waals surface area (Å²) in [4.78, 5) is 28.4. The third-order valence-electron chi connectivity index (χ3n) is 5.33. The molecule has 1 aliphatic heterocycles. The first-order valence-corrected chi connectivity index (χ1v) is 9.41. The number of fused-ring (bicyclic) bond motifs is 2. The van der Waals surface area contributed by atoms with Crippen LogP contribution >= 0.6 is 0 Å². The van der Waals surface area contributed by atoms with Gasteiger partial charge in [-0.3, -0.25) is 14.5 Å². The van der Waals surface area contributed by atoms with E-state index in [1.165, 1.54) is 13.2 Å². The Morgan fingerprint density at radius 1 is 0.967 bits per heavy atom. The standard InChI is InChI=1S/C24H17NO5/c1-29-19-13-14(11-12-17(19)26)21-20-22(27)16-9-5-6-10-18(16)30-23(20)24(28)25(21)15-7-3-2-4-8-15/h2-13,21,26H,1H3. The lowest BCUT2D eigenvalue weighted by Crippen LogP contribution is -2.29. The molecular weight excluding hydrogens is 382 g/mol. The highest BCUT2D eigenvalue weighted by molar-refractivity contribution is 6.10.